The molecule has 0 unspecified atom stereocenters. The lowest BCUT2D eigenvalue weighted by Crippen LogP contribution is -2.09. The molecule has 0 radical (unpaired) electrons. The molecular weight excluding hydrogens is 504 g/mol. The number of benzene rings is 4. The van der Waals surface area contributed by atoms with Crippen LogP contribution in [0, 0.1) is 0 Å². The number of carbonyl (C=O) groups is 2. The molecule has 12 heteroatoms. The summed E-state index contributed by atoms with van der Waals surface area (Å²) in [6.45, 7) is 0. The van der Waals surface area contributed by atoms with Gasteiger partial charge in [-0.1, -0.05) is 0 Å². The highest BCUT2D eigenvalue weighted by Gasteiger charge is 2.25. The monoisotopic (exact) mass is 522 g/mol. The topological polar surface area (TPSA) is 214 Å². The van der Waals surface area contributed by atoms with Crippen LogP contribution in [0.2, 0.25) is 0 Å². The Labute approximate surface area is 212 Å². The van der Waals surface area contributed by atoms with Gasteiger partial charge in [-0.25, -0.2) is 0 Å². The smallest absolute Gasteiger partial charge is 0.262 e. The normalized spacial score (nSPS) is 10.6. The molecule has 0 bridgehead atoms. The predicted octanol–water partition coefficient (Wildman–Crippen LogP) is 3.17. The molecule has 12 nitrogen and oxygen atoms in total. The van der Waals surface area contributed by atoms with Crippen molar-refractivity contribution in [2.24, 2.45) is 0 Å². The van der Waals surface area contributed by atoms with E-state index >= 15 is 0 Å². The van der Waals surface area contributed by atoms with Gasteiger partial charge in [0, 0.05) is 17.7 Å². The molecule has 0 saturated heterocycles. The summed E-state index contributed by atoms with van der Waals surface area (Å²) in [5, 5.41) is 79.0. The Morgan fingerprint density at radius 1 is 0.500 bits per heavy atom. The lowest BCUT2D eigenvalue weighted by atomic mass is 10.0. The fraction of sp³-hybridized carbons (Fsp3) is 0. The minimum atomic E-state index is -0.950. The van der Waals surface area contributed by atoms with Crippen molar-refractivity contribution in [3.05, 3.63) is 82.9 Å². The molecule has 0 aliphatic rings. The highest BCUT2D eigenvalue weighted by atomic mass is 17.2. The molecule has 4 aromatic carbocycles. The summed E-state index contributed by atoms with van der Waals surface area (Å²) in [6, 6.07) is 10.2. The van der Waals surface area contributed by atoms with Gasteiger partial charge < -0.3 is 40.9 Å². The zero-order valence-corrected chi connectivity index (χ0v) is 19.0. The Kier molecular flexibility index (Phi) is 6.46. The fourth-order valence-corrected chi connectivity index (χ4v) is 3.43. The van der Waals surface area contributed by atoms with E-state index in [1.807, 2.05) is 0 Å². The van der Waals surface area contributed by atoms with Crippen LogP contribution in [-0.4, -0.2) is 52.4 Å². The minimum Gasteiger partial charge on any atom is -0.508 e. The van der Waals surface area contributed by atoms with E-state index in [0.29, 0.717) is 0 Å². The SMILES string of the molecule is O=C(c1ccc(O)cc1O)c1ccc(O)cc1OOc1c(O)ccc(C(=O)c2cc(O)c(O)c(O)c2)c1O. The Balaban J connectivity index is 1.67. The van der Waals surface area contributed by atoms with E-state index in [0.717, 1.165) is 60.7 Å². The number of hydrogen-bond acceptors (Lipinski definition) is 12. The molecule has 38 heavy (non-hydrogen) atoms. The number of phenolic OH excluding ortho intramolecular Hbond substituents is 8. The van der Waals surface area contributed by atoms with Crippen molar-refractivity contribution in [2.45, 2.75) is 0 Å². The maximum atomic E-state index is 13.0. The van der Waals surface area contributed by atoms with E-state index in [-0.39, 0.29) is 28.2 Å². The van der Waals surface area contributed by atoms with Gasteiger partial charge in [-0.2, -0.15) is 0 Å². The zero-order valence-electron chi connectivity index (χ0n) is 19.0. The van der Waals surface area contributed by atoms with Crippen LogP contribution in [0.3, 0.4) is 0 Å². The van der Waals surface area contributed by atoms with Crippen LogP contribution < -0.4 is 9.78 Å². The number of rotatable bonds is 7. The van der Waals surface area contributed by atoms with Crippen LogP contribution in [0.4, 0.5) is 0 Å². The highest BCUT2D eigenvalue weighted by Crippen LogP contribution is 2.42. The van der Waals surface area contributed by atoms with Gasteiger partial charge in [-0.15, -0.1) is 0 Å². The summed E-state index contributed by atoms with van der Waals surface area (Å²) in [5.74, 6) is -8.19. The molecule has 0 atom stereocenters. The number of hydrogen-bond donors (Lipinski definition) is 8. The van der Waals surface area contributed by atoms with Crippen LogP contribution >= 0.6 is 0 Å². The van der Waals surface area contributed by atoms with Gasteiger partial charge in [-0.05, 0) is 48.5 Å². The standard InChI is InChI=1S/C26H18O12/c27-12-1-3-14(18(30)9-12)23(34)15-4-2-13(28)10-21(15)37-38-26-17(29)6-5-16(24(26)35)22(33)11-7-19(31)25(36)20(32)8-11/h1-10,27-32,35-36H. The highest BCUT2D eigenvalue weighted by molar-refractivity contribution is 6.13. The van der Waals surface area contributed by atoms with Gasteiger partial charge in [0.05, 0.1) is 16.7 Å². The number of aromatic hydroxyl groups is 8. The van der Waals surface area contributed by atoms with Crippen molar-refractivity contribution in [2.75, 3.05) is 0 Å². The van der Waals surface area contributed by atoms with E-state index in [1.165, 1.54) is 0 Å². The van der Waals surface area contributed by atoms with E-state index < -0.39 is 63.1 Å². The number of ketones is 2. The molecule has 0 aliphatic carbocycles. The molecule has 0 heterocycles. The molecule has 0 amide bonds. The molecule has 0 aromatic heterocycles. The molecule has 194 valence electrons. The van der Waals surface area contributed by atoms with Crippen molar-refractivity contribution in [3.63, 3.8) is 0 Å². The second kappa shape index (κ2) is 9.70. The third-order valence-electron chi connectivity index (χ3n) is 5.34. The molecular formula is C26H18O12. The zero-order chi connectivity index (χ0) is 27.7. The van der Waals surface area contributed by atoms with Crippen molar-refractivity contribution in [3.8, 4) is 57.5 Å². The first-order valence-corrected chi connectivity index (χ1v) is 10.6. The van der Waals surface area contributed by atoms with Gasteiger partial charge >= 0.3 is 0 Å². The average Bonchev–Trinajstić information content (AvgIpc) is 2.86. The third kappa shape index (κ3) is 4.68. The molecule has 8 N–H and O–H groups in total. The second-order valence-corrected chi connectivity index (χ2v) is 7.88. The van der Waals surface area contributed by atoms with E-state index in [9.17, 15) is 50.4 Å². The summed E-state index contributed by atoms with van der Waals surface area (Å²) in [6.07, 6.45) is 0. The van der Waals surface area contributed by atoms with Crippen molar-refractivity contribution >= 4 is 11.6 Å². The van der Waals surface area contributed by atoms with Crippen LogP contribution in [0.25, 0.3) is 0 Å². The quantitative estimate of drug-likeness (QED) is 0.0760. The van der Waals surface area contributed by atoms with Crippen LogP contribution in [0.5, 0.6) is 57.5 Å². The van der Waals surface area contributed by atoms with Crippen molar-refractivity contribution < 1.29 is 60.2 Å². The first-order valence-electron chi connectivity index (χ1n) is 10.6. The predicted molar refractivity (Wildman–Crippen MR) is 127 cm³/mol. The van der Waals surface area contributed by atoms with E-state index in [2.05, 4.69) is 0 Å². The summed E-state index contributed by atoms with van der Waals surface area (Å²) in [7, 11) is 0. The van der Waals surface area contributed by atoms with E-state index in [1.54, 1.807) is 0 Å². The maximum Gasteiger partial charge on any atom is 0.262 e. The summed E-state index contributed by atoms with van der Waals surface area (Å²) < 4.78 is 0. The lowest BCUT2D eigenvalue weighted by Gasteiger charge is -2.14. The Hall–Kier alpha value is -5.78. The summed E-state index contributed by atoms with van der Waals surface area (Å²) in [4.78, 5) is 36.0. The maximum absolute atomic E-state index is 13.0. The van der Waals surface area contributed by atoms with Gasteiger partial charge in [0.25, 0.3) is 5.75 Å². The molecule has 0 saturated carbocycles. The van der Waals surface area contributed by atoms with Gasteiger partial charge in [-0.3, -0.25) is 19.4 Å². The van der Waals surface area contributed by atoms with Crippen LogP contribution in [0.1, 0.15) is 31.8 Å². The first kappa shape index (κ1) is 25.3. The van der Waals surface area contributed by atoms with Gasteiger partial charge in [0.15, 0.2) is 40.3 Å². The largest absolute Gasteiger partial charge is 0.508 e. The second-order valence-electron chi connectivity index (χ2n) is 7.88. The summed E-state index contributed by atoms with van der Waals surface area (Å²) >= 11 is 0. The Bertz CT molecular complexity index is 1570. The average molecular weight is 522 g/mol. The fourth-order valence-electron chi connectivity index (χ4n) is 3.43. The van der Waals surface area contributed by atoms with Crippen molar-refractivity contribution in [1.82, 2.24) is 0 Å². The molecule has 0 fully saturated rings. The molecule has 0 aliphatic heterocycles. The first-order chi connectivity index (χ1) is 18.0. The van der Waals surface area contributed by atoms with Crippen molar-refractivity contribution in [1.29, 1.82) is 0 Å². The van der Waals surface area contributed by atoms with Gasteiger partial charge in [0.1, 0.15) is 17.2 Å². The molecule has 4 aromatic rings. The van der Waals surface area contributed by atoms with Crippen LogP contribution in [0.15, 0.2) is 60.7 Å². The molecule has 0 spiro atoms. The number of carbonyl (C=O) groups excluding carboxylic acids is 2. The molecule has 4 rings (SSSR count). The minimum absolute atomic E-state index is 0.225. The lowest BCUT2D eigenvalue weighted by molar-refractivity contribution is -0.104. The van der Waals surface area contributed by atoms with E-state index in [4.69, 9.17) is 9.78 Å². The Morgan fingerprint density at radius 3 is 1.71 bits per heavy atom. The number of phenols is 8. The van der Waals surface area contributed by atoms with Gasteiger partial charge in [0.2, 0.25) is 5.78 Å². The summed E-state index contributed by atoms with van der Waals surface area (Å²) in [5.41, 5.74) is -1.26. The third-order valence-corrected chi connectivity index (χ3v) is 5.34. The Morgan fingerprint density at radius 2 is 1.08 bits per heavy atom. The van der Waals surface area contributed by atoms with Crippen LogP contribution in [-0.2, 0) is 0 Å².